The molecule has 0 unspecified atom stereocenters. The van der Waals surface area contributed by atoms with Crippen LogP contribution in [0, 0.1) is 0 Å². The Hall–Kier alpha value is -2.58. The van der Waals surface area contributed by atoms with Crippen molar-refractivity contribution in [1.29, 1.82) is 0 Å². The number of sulfone groups is 4. The largest absolute Gasteiger partial charge is 0.494 e. The molecule has 2 aromatic carbocycles. The van der Waals surface area contributed by atoms with E-state index in [4.69, 9.17) is 9.47 Å². The summed E-state index contributed by atoms with van der Waals surface area (Å²) in [6.45, 7) is 0. The van der Waals surface area contributed by atoms with Crippen molar-refractivity contribution < 1.29 is 43.1 Å². The highest BCUT2D eigenvalue weighted by molar-refractivity contribution is 7.92. The first-order chi connectivity index (χ1) is 17.8. The minimum Gasteiger partial charge on any atom is -0.494 e. The Balaban J connectivity index is 2.61. The van der Waals surface area contributed by atoms with Gasteiger partial charge in [0.25, 0.3) is 0 Å². The van der Waals surface area contributed by atoms with E-state index in [-0.39, 0.29) is 22.1 Å². The van der Waals surface area contributed by atoms with Crippen molar-refractivity contribution in [1.82, 2.24) is 4.98 Å². The Labute approximate surface area is 229 Å². The predicted octanol–water partition coefficient (Wildman–Crippen LogP) is 0.471. The van der Waals surface area contributed by atoms with Gasteiger partial charge in [-0.15, -0.1) is 0 Å². The first-order valence-electron chi connectivity index (χ1n) is 10.8. The zero-order valence-corrected chi connectivity index (χ0v) is 25.9. The quantitative estimate of drug-likeness (QED) is 0.300. The summed E-state index contributed by atoms with van der Waals surface area (Å²) in [6, 6.07) is 9.75. The molecule has 1 aromatic heterocycles. The number of benzene rings is 2. The lowest BCUT2D eigenvalue weighted by atomic mass is 10.3. The van der Waals surface area contributed by atoms with E-state index in [0.717, 1.165) is 39.2 Å². The van der Waals surface area contributed by atoms with E-state index in [9.17, 15) is 33.7 Å². The minimum absolute atomic E-state index is 0.148. The smallest absolute Gasteiger partial charge is 0.179 e. The second-order valence-electron chi connectivity index (χ2n) is 8.56. The van der Waals surface area contributed by atoms with E-state index in [0.29, 0.717) is 5.44 Å². The van der Waals surface area contributed by atoms with Crippen molar-refractivity contribution in [3.05, 3.63) is 48.7 Å². The molecule has 0 saturated heterocycles. The van der Waals surface area contributed by atoms with Gasteiger partial charge in [0.15, 0.2) is 50.8 Å². The number of pyridine rings is 1. The first kappa shape index (κ1) is 31.0. The van der Waals surface area contributed by atoms with Crippen LogP contribution in [0.5, 0.6) is 11.5 Å². The minimum atomic E-state index is -4.03. The summed E-state index contributed by atoms with van der Waals surface area (Å²) >= 11 is 0. The zero-order chi connectivity index (χ0) is 29.6. The Morgan fingerprint density at radius 1 is 0.590 bits per heavy atom. The summed E-state index contributed by atoms with van der Waals surface area (Å²) in [5, 5.41) is 0.295. The molecule has 0 amide bonds. The molecule has 16 heteroatoms. The summed E-state index contributed by atoms with van der Waals surface area (Å²) in [7, 11) is -15.9. The normalized spacial score (nSPS) is 12.9. The maximum Gasteiger partial charge on any atom is 0.179 e. The molecule has 39 heavy (non-hydrogen) atoms. The van der Waals surface area contributed by atoms with Gasteiger partial charge in [0.2, 0.25) is 0 Å². The third-order valence-electron chi connectivity index (χ3n) is 5.41. The highest BCUT2D eigenvalue weighted by Gasteiger charge is 2.32. The van der Waals surface area contributed by atoms with Gasteiger partial charge in [-0.25, -0.2) is 33.7 Å². The monoisotopic (exact) mass is 635 g/mol. The standard InChI is InChI=1S/C23H26NO10PS4/c1-33-22-17(36(3,25)26)11-15(12-18(22)37(4,27)28)35(21-9-7-8-10-24-21)16-13-19(38(5,29)30)23(34-2)20(14-16)39(6,31)32/h7-14H,1-6H3. The summed E-state index contributed by atoms with van der Waals surface area (Å²) in [6.07, 6.45) is 5.00. The lowest BCUT2D eigenvalue weighted by Crippen LogP contribution is -2.26. The predicted molar refractivity (Wildman–Crippen MR) is 148 cm³/mol. The molecule has 0 N–H and O–H groups in total. The molecule has 0 aliphatic carbocycles. The molecule has 212 valence electrons. The second-order valence-corrected chi connectivity index (χ2v) is 18.7. The fourth-order valence-corrected chi connectivity index (χ4v) is 10.0. The van der Waals surface area contributed by atoms with Crippen molar-refractivity contribution in [2.24, 2.45) is 0 Å². The maximum atomic E-state index is 12.7. The van der Waals surface area contributed by atoms with Crippen LogP contribution < -0.4 is 25.5 Å². The molecule has 0 aliphatic heterocycles. The molecule has 3 rings (SSSR count). The Morgan fingerprint density at radius 3 is 1.15 bits per heavy atom. The number of aromatic nitrogens is 1. The topological polar surface area (TPSA) is 168 Å². The number of nitrogens with zero attached hydrogens (tertiary/aromatic N) is 1. The van der Waals surface area contributed by atoms with Gasteiger partial charge in [-0.1, -0.05) is 6.07 Å². The number of hydrogen-bond donors (Lipinski definition) is 0. The Kier molecular flexibility index (Phi) is 8.55. The van der Waals surface area contributed by atoms with E-state index in [1.54, 1.807) is 18.2 Å². The molecule has 11 nitrogen and oxygen atoms in total. The lowest BCUT2D eigenvalue weighted by Gasteiger charge is -2.23. The van der Waals surface area contributed by atoms with Gasteiger partial charge in [0.05, 0.1) is 19.7 Å². The van der Waals surface area contributed by atoms with Crippen LogP contribution in [0.2, 0.25) is 0 Å². The van der Waals surface area contributed by atoms with Crippen LogP contribution in [0.1, 0.15) is 0 Å². The van der Waals surface area contributed by atoms with Crippen molar-refractivity contribution in [2.75, 3.05) is 39.2 Å². The number of rotatable bonds is 9. The molecule has 0 fully saturated rings. The summed E-state index contributed by atoms with van der Waals surface area (Å²) < 4.78 is 112. The second kappa shape index (κ2) is 10.8. The van der Waals surface area contributed by atoms with Crippen LogP contribution in [0.3, 0.4) is 0 Å². The van der Waals surface area contributed by atoms with Gasteiger partial charge >= 0.3 is 0 Å². The summed E-state index contributed by atoms with van der Waals surface area (Å²) in [4.78, 5) is 2.71. The Bertz CT molecular complexity index is 1650. The first-order valence-corrected chi connectivity index (χ1v) is 19.7. The molecule has 1 heterocycles. The van der Waals surface area contributed by atoms with Gasteiger partial charge in [0, 0.05) is 39.1 Å². The van der Waals surface area contributed by atoms with Gasteiger partial charge in [-0.05, 0) is 47.0 Å². The van der Waals surface area contributed by atoms with Crippen LogP contribution >= 0.6 is 7.92 Å². The number of ether oxygens (including phenoxy) is 2. The fourth-order valence-electron chi connectivity index (χ4n) is 3.79. The van der Waals surface area contributed by atoms with E-state index >= 15 is 0 Å². The molecule has 0 spiro atoms. The van der Waals surface area contributed by atoms with Crippen LogP contribution in [0.4, 0.5) is 0 Å². The zero-order valence-electron chi connectivity index (χ0n) is 21.7. The highest BCUT2D eigenvalue weighted by Crippen LogP contribution is 2.41. The fraction of sp³-hybridized carbons (Fsp3) is 0.261. The molecule has 3 aromatic rings. The molecule has 0 bridgehead atoms. The molecule has 0 saturated carbocycles. The molecule has 0 atom stereocenters. The number of hydrogen-bond acceptors (Lipinski definition) is 11. The average molecular weight is 636 g/mol. The van der Waals surface area contributed by atoms with Crippen LogP contribution in [0.15, 0.2) is 68.2 Å². The van der Waals surface area contributed by atoms with E-state index in [1.165, 1.54) is 30.5 Å². The van der Waals surface area contributed by atoms with Gasteiger partial charge in [-0.3, -0.25) is 4.98 Å². The molecule has 0 radical (unpaired) electrons. The highest BCUT2D eigenvalue weighted by atomic mass is 32.2. The summed E-state index contributed by atoms with van der Waals surface area (Å²) in [5.74, 6) is -0.744. The number of methoxy groups -OCH3 is 2. The molecule has 0 aliphatic rings. The van der Waals surface area contributed by atoms with Crippen molar-refractivity contribution in [3.63, 3.8) is 0 Å². The lowest BCUT2D eigenvalue weighted by molar-refractivity contribution is 0.390. The van der Waals surface area contributed by atoms with Gasteiger partial charge in [0.1, 0.15) is 19.6 Å². The molecular weight excluding hydrogens is 609 g/mol. The van der Waals surface area contributed by atoms with Crippen molar-refractivity contribution >= 4 is 63.3 Å². The van der Waals surface area contributed by atoms with Crippen molar-refractivity contribution in [2.45, 2.75) is 19.6 Å². The third-order valence-corrected chi connectivity index (χ3v) is 12.1. The van der Waals surface area contributed by atoms with Gasteiger partial charge in [-0.2, -0.15) is 0 Å². The SMILES string of the molecule is COc1c(S(C)(=O)=O)cc(P(c2cc(S(C)(=O)=O)c(OC)c(S(C)(=O)=O)c2)c2ccccn2)cc1S(C)(=O)=O. The van der Waals surface area contributed by atoms with Crippen LogP contribution in [-0.2, 0) is 39.3 Å². The van der Waals surface area contributed by atoms with Crippen LogP contribution in [-0.4, -0.2) is 77.9 Å². The van der Waals surface area contributed by atoms with E-state index in [1.807, 2.05) is 0 Å². The van der Waals surface area contributed by atoms with Crippen LogP contribution in [0.25, 0.3) is 0 Å². The third kappa shape index (κ3) is 6.60. The van der Waals surface area contributed by atoms with Crippen molar-refractivity contribution in [3.8, 4) is 11.5 Å². The Morgan fingerprint density at radius 2 is 0.923 bits per heavy atom. The van der Waals surface area contributed by atoms with E-state index in [2.05, 4.69) is 4.98 Å². The van der Waals surface area contributed by atoms with E-state index < -0.39 is 66.9 Å². The maximum absolute atomic E-state index is 12.7. The summed E-state index contributed by atoms with van der Waals surface area (Å²) in [5.41, 5.74) is 0.320. The average Bonchev–Trinajstić information content (AvgIpc) is 2.81. The van der Waals surface area contributed by atoms with Gasteiger partial charge < -0.3 is 9.47 Å². The molecular formula is C23H26NO10PS4.